The molecule has 1 aromatic carbocycles. The van der Waals surface area contributed by atoms with Gasteiger partial charge in [0.25, 0.3) is 10.0 Å². The fraction of sp³-hybridized carbons (Fsp3) is 0.529. The van der Waals surface area contributed by atoms with Gasteiger partial charge in [0, 0.05) is 30.4 Å². The number of anilines is 1. The van der Waals surface area contributed by atoms with Crippen LogP contribution in [0.1, 0.15) is 26.2 Å². The van der Waals surface area contributed by atoms with Gasteiger partial charge in [-0.25, -0.2) is 22.7 Å². The number of hydrogen-bond acceptors (Lipinski definition) is 6. The third-order valence-corrected chi connectivity index (χ3v) is 6.14. The number of ether oxygens (including phenoxy) is 1. The molecule has 1 aliphatic carbocycles. The molecular weight excluding hydrogens is 372 g/mol. The van der Waals surface area contributed by atoms with Crippen LogP contribution in [0, 0.1) is 0 Å². The van der Waals surface area contributed by atoms with Gasteiger partial charge in [-0.05, 0) is 50.5 Å². The van der Waals surface area contributed by atoms with Gasteiger partial charge in [-0.15, -0.1) is 0 Å². The van der Waals surface area contributed by atoms with Crippen LogP contribution < -0.4 is 15.4 Å². The average Bonchev–Trinajstić information content (AvgIpc) is 3.38. The van der Waals surface area contributed by atoms with Crippen LogP contribution in [0.2, 0.25) is 0 Å². The normalized spacial score (nSPS) is 22.9. The van der Waals surface area contributed by atoms with Crippen molar-refractivity contribution in [2.75, 3.05) is 19.0 Å². The number of likely N-dealkylation sites (tertiary alicyclic amines) is 1. The highest BCUT2D eigenvalue weighted by Gasteiger charge is 2.39. The summed E-state index contributed by atoms with van der Waals surface area (Å²) in [6.07, 6.45) is 2.53. The molecule has 2 fully saturated rings. The predicted molar refractivity (Wildman–Crippen MR) is 98.9 cm³/mol. The van der Waals surface area contributed by atoms with E-state index in [1.807, 2.05) is 4.72 Å². The van der Waals surface area contributed by atoms with Gasteiger partial charge in [0.2, 0.25) is 0 Å². The van der Waals surface area contributed by atoms with Crippen molar-refractivity contribution in [3.63, 3.8) is 0 Å². The molecule has 3 rings (SSSR count). The van der Waals surface area contributed by atoms with E-state index in [0.29, 0.717) is 17.8 Å². The molecule has 9 nitrogen and oxygen atoms in total. The smallest absolute Gasteiger partial charge is 0.411 e. The van der Waals surface area contributed by atoms with E-state index in [1.54, 1.807) is 0 Å². The highest BCUT2D eigenvalue weighted by Crippen LogP contribution is 2.33. The zero-order chi connectivity index (χ0) is 19.6. The van der Waals surface area contributed by atoms with E-state index >= 15 is 0 Å². The van der Waals surface area contributed by atoms with E-state index < -0.39 is 22.1 Å². The number of nitrogens with zero attached hydrogens (tertiary/aromatic N) is 1. The summed E-state index contributed by atoms with van der Waals surface area (Å²) >= 11 is 0. The predicted octanol–water partition coefficient (Wildman–Crippen LogP) is 1.48. The lowest BCUT2D eigenvalue weighted by atomic mass is 10.2. The Balaban J connectivity index is 1.55. The minimum Gasteiger partial charge on any atom is -0.453 e. The third kappa shape index (κ3) is 4.89. The van der Waals surface area contributed by atoms with Gasteiger partial charge in [0.1, 0.15) is 0 Å². The average molecular weight is 396 g/mol. The molecule has 10 heteroatoms. The quantitative estimate of drug-likeness (QED) is 0.694. The Morgan fingerprint density at radius 3 is 2.44 bits per heavy atom. The van der Waals surface area contributed by atoms with Crippen LogP contribution in [0.5, 0.6) is 0 Å². The molecule has 0 bridgehead atoms. The number of urea groups is 1. The molecule has 0 radical (unpaired) electrons. The summed E-state index contributed by atoms with van der Waals surface area (Å²) in [5.41, 5.74) is 0.380. The Morgan fingerprint density at radius 1 is 1.19 bits per heavy atom. The number of amides is 3. The number of hydrogen-bond donors (Lipinski definition) is 3. The maximum atomic E-state index is 12.4. The second-order valence-corrected chi connectivity index (χ2v) is 8.61. The largest absolute Gasteiger partial charge is 0.453 e. The number of carbonyl (C=O) groups is 2. The molecule has 1 aliphatic heterocycles. The number of methoxy groups -OCH3 is 1. The minimum atomic E-state index is -4.00. The summed E-state index contributed by atoms with van der Waals surface area (Å²) in [4.78, 5) is 25.6. The molecule has 1 saturated carbocycles. The van der Waals surface area contributed by atoms with Gasteiger partial charge >= 0.3 is 12.1 Å². The molecule has 27 heavy (non-hydrogen) atoms. The molecule has 2 atom stereocenters. The molecule has 0 aromatic heterocycles. The van der Waals surface area contributed by atoms with E-state index in [4.69, 9.17) is 0 Å². The summed E-state index contributed by atoms with van der Waals surface area (Å²) in [5, 5.41) is 5.17. The summed E-state index contributed by atoms with van der Waals surface area (Å²) in [6, 6.07) is 5.61. The third-order valence-electron chi connectivity index (χ3n) is 4.80. The maximum absolute atomic E-state index is 12.4. The molecule has 3 amide bonds. The number of benzene rings is 1. The van der Waals surface area contributed by atoms with Crippen molar-refractivity contribution in [1.82, 2.24) is 14.9 Å². The first-order valence-electron chi connectivity index (χ1n) is 8.82. The molecule has 148 valence electrons. The van der Waals surface area contributed by atoms with Gasteiger partial charge < -0.3 is 10.1 Å². The van der Waals surface area contributed by atoms with E-state index in [9.17, 15) is 18.0 Å². The number of sulfonamides is 1. The monoisotopic (exact) mass is 396 g/mol. The first kappa shape index (κ1) is 19.4. The lowest BCUT2D eigenvalue weighted by Gasteiger charge is -2.19. The SMILES string of the molecule is COC(=O)Nc1ccc(S(=O)(=O)NC(=O)NC2CC(C)N(C3CC3)C2)cc1. The van der Waals surface area contributed by atoms with Crippen LogP contribution in [-0.2, 0) is 14.8 Å². The van der Waals surface area contributed by atoms with E-state index in [-0.39, 0.29) is 10.9 Å². The molecule has 2 aliphatic rings. The van der Waals surface area contributed by atoms with E-state index in [2.05, 4.69) is 27.2 Å². The summed E-state index contributed by atoms with van der Waals surface area (Å²) in [5.74, 6) is 0. The zero-order valence-electron chi connectivity index (χ0n) is 15.3. The fourth-order valence-corrected chi connectivity index (χ4v) is 4.27. The molecule has 2 unspecified atom stereocenters. The minimum absolute atomic E-state index is 0.0672. The Bertz CT molecular complexity index is 807. The topological polar surface area (TPSA) is 117 Å². The number of nitrogens with one attached hydrogen (secondary N) is 3. The molecule has 1 heterocycles. The van der Waals surface area contributed by atoms with Crippen molar-refractivity contribution in [1.29, 1.82) is 0 Å². The van der Waals surface area contributed by atoms with Crippen LogP contribution in [-0.4, -0.2) is 57.2 Å². The molecule has 1 aromatic rings. The van der Waals surface area contributed by atoms with Crippen molar-refractivity contribution in [2.24, 2.45) is 0 Å². The lowest BCUT2D eigenvalue weighted by Crippen LogP contribution is -2.45. The Kier molecular flexibility index (Phi) is 5.56. The van der Waals surface area contributed by atoms with E-state index in [1.165, 1.54) is 44.2 Å². The van der Waals surface area contributed by atoms with Gasteiger partial charge in [0.05, 0.1) is 12.0 Å². The van der Waals surface area contributed by atoms with Crippen molar-refractivity contribution < 1.29 is 22.7 Å². The van der Waals surface area contributed by atoms with E-state index in [0.717, 1.165) is 13.0 Å². The Morgan fingerprint density at radius 2 is 1.85 bits per heavy atom. The molecule has 0 spiro atoms. The van der Waals surface area contributed by atoms with Crippen LogP contribution in [0.15, 0.2) is 29.2 Å². The highest BCUT2D eigenvalue weighted by atomic mass is 32.2. The molecule has 1 saturated heterocycles. The lowest BCUT2D eigenvalue weighted by molar-refractivity contribution is 0.187. The highest BCUT2D eigenvalue weighted by molar-refractivity contribution is 7.90. The van der Waals surface area contributed by atoms with Crippen molar-refractivity contribution in [2.45, 2.75) is 49.2 Å². The maximum Gasteiger partial charge on any atom is 0.411 e. The standard InChI is InChI=1S/C17H24N4O5S/c1-11-9-13(10-21(11)14-5-6-14)18-16(22)20-27(24,25)15-7-3-12(4-8-15)19-17(23)26-2/h3-4,7-8,11,13-14H,5-6,9-10H2,1-2H3,(H,19,23)(H2,18,20,22). The Labute approximate surface area is 158 Å². The molecule has 3 N–H and O–H groups in total. The summed E-state index contributed by atoms with van der Waals surface area (Å²) < 4.78 is 31.2. The van der Waals surface area contributed by atoms with Gasteiger partial charge in [0.15, 0.2) is 0 Å². The van der Waals surface area contributed by atoms with Crippen LogP contribution >= 0.6 is 0 Å². The second kappa shape index (κ2) is 7.73. The van der Waals surface area contributed by atoms with Gasteiger partial charge in [-0.2, -0.15) is 0 Å². The van der Waals surface area contributed by atoms with Crippen LogP contribution in [0.25, 0.3) is 0 Å². The Hall–Kier alpha value is -2.33. The van der Waals surface area contributed by atoms with Crippen molar-refractivity contribution in [3.8, 4) is 0 Å². The van der Waals surface area contributed by atoms with Crippen molar-refractivity contribution >= 4 is 27.8 Å². The first-order chi connectivity index (χ1) is 12.8. The van der Waals surface area contributed by atoms with Crippen LogP contribution in [0.4, 0.5) is 15.3 Å². The van der Waals surface area contributed by atoms with Gasteiger partial charge in [-0.1, -0.05) is 0 Å². The van der Waals surface area contributed by atoms with Crippen LogP contribution in [0.3, 0.4) is 0 Å². The van der Waals surface area contributed by atoms with Crippen molar-refractivity contribution in [3.05, 3.63) is 24.3 Å². The molecular formula is C17H24N4O5S. The summed E-state index contributed by atoms with van der Waals surface area (Å²) in [6.45, 7) is 2.87. The number of carbonyl (C=O) groups excluding carboxylic acids is 2. The van der Waals surface area contributed by atoms with Gasteiger partial charge in [-0.3, -0.25) is 10.2 Å². The first-order valence-corrected chi connectivity index (χ1v) is 10.3. The number of rotatable bonds is 5. The second-order valence-electron chi connectivity index (χ2n) is 6.93. The fourth-order valence-electron chi connectivity index (χ4n) is 3.36. The summed E-state index contributed by atoms with van der Waals surface area (Å²) in [7, 11) is -2.77. The zero-order valence-corrected chi connectivity index (χ0v) is 16.1.